The van der Waals surface area contributed by atoms with Crippen LogP contribution >= 0.6 is 11.6 Å². The Morgan fingerprint density at radius 1 is 1.10 bits per heavy atom. The summed E-state index contributed by atoms with van der Waals surface area (Å²) < 4.78 is 0. The molecular formula is C19H22ClN. The first-order chi connectivity index (χ1) is 10.1. The van der Waals surface area contributed by atoms with Gasteiger partial charge in [-0.1, -0.05) is 48.0 Å². The molecule has 110 valence electrons. The number of nitrogens with zero attached hydrogens (tertiary/aromatic N) is 1. The lowest BCUT2D eigenvalue weighted by Gasteiger charge is -2.30. The Morgan fingerprint density at radius 2 is 1.86 bits per heavy atom. The highest BCUT2D eigenvalue weighted by Crippen LogP contribution is 2.28. The zero-order valence-electron chi connectivity index (χ0n) is 12.8. The summed E-state index contributed by atoms with van der Waals surface area (Å²) in [7, 11) is 0. The number of hydrogen-bond acceptors (Lipinski definition) is 1. The number of rotatable bonds is 3. The van der Waals surface area contributed by atoms with Crippen LogP contribution in [0.5, 0.6) is 0 Å². The van der Waals surface area contributed by atoms with Crippen LogP contribution in [-0.4, -0.2) is 18.0 Å². The molecule has 0 fully saturated rings. The van der Waals surface area contributed by atoms with Gasteiger partial charge < -0.3 is 0 Å². The predicted octanol–water partition coefficient (Wildman–Crippen LogP) is 4.64. The third-order valence-corrected chi connectivity index (χ3v) is 4.76. The van der Waals surface area contributed by atoms with E-state index in [0.717, 1.165) is 26.1 Å². The second-order valence-electron chi connectivity index (χ2n) is 6.08. The number of halogens is 1. The van der Waals surface area contributed by atoms with E-state index in [1.807, 2.05) is 0 Å². The fourth-order valence-electron chi connectivity index (χ4n) is 3.21. The van der Waals surface area contributed by atoms with Gasteiger partial charge in [0.05, 0.1) is 5.38 Å². The van der Waals surface area contributed by atoms with Gasteiger partial charge in [0.1, 0.15) is 0 Å². The van der Waals surface area contributed by atoms with Crippen LogP contribution in [0.2, 0.25) is 0 Å². The smallest absolute Gasteiger partial charge is 0.0715 e. The van der Waals surface area contributed by atoms with Crippen LogP contribution < -0.4 is 0 Å². The average Bonchev–Trinajstić information content (AvgIpc) is 2.47. The van der Waals surface area contributed by atoms with E-state index in [9.17, 15) is 0 Å². The molecule has 0 saturated heterocycles. The molecule has 3 rings (SSSR count). The Morgan fingerprint density at radius 3 is 2.62 bits per heavy atom. The van der Waals surface area contributed by atoms with E-state index >= 15 is 0 Å². The summed E-state index contributed by atoms with van der Waals surface area (Å²) in [5.41, 5.74) is 6.81. The fourth-order valence-corrected chi connectivity index (χ4v) is 3.65. The Bertz CT molecular complexity index is 635. The predicted molar refractivity (Wildman–Crippen MR) is 89.9 cm³/mol. The fraction of sp³-hybridized carbons (Fsp3) is 0.368. The highest BCUT2D eigenvalue weighted by atomic mass is 35.5. The van der Waals surface area contributed by atoms with E-state index in [4.69, 9.17) is 11.6 Å². The van der Waals surface area contributed by atoms with Crippen LogP contribution in [0.3, 0.4) is 0 Å². The number of benzene rings is 2. The molecule has 1 unspecified atom stereocenters. The largest absolute Gasteiger partial charge is 0.297 e. The molecular weight excluding hydrogens is 278 g/mol. The first kappa shape index (κ1) is 14.6. The zero-order chi connectivity index (χ0) is 14.8. The molecule has 0 N–H and O–H groups in total. The molecule has 1 nitrogen and oxygen atoms in total. The quantitative estimate of drug-likeness (QED) is 0.746. The first-order valence-corrected chi connectivity index (χ1v) is 8.07. The van der Waals surface area contributed by atoms with Crippen LogP contribution in [0.25, 0.3) is 0 Å². The van der Waals surface area contributed by atoms with Gasteiger partial charge in [-0.2, -0.15) is 0 Å². The summed E-state index contributed by atoms with van der Waals surface area (Å²) >= 11 is 6.68. The van der Waals surface area contributed by atoms with Crippen LogP contribution in [0.4, 0.5) is 0 Å². The molecule has 2 heteroatoms. The lowest BCUT2D eigenvalue weighted by Crippen LogP contribution is -2.33. The Kier molecular flexibility index (Phi) is 4.32. The Labute approximate surface area is 132 Å². The maximum absolute atomic E-state index is 6.68. The van der Waals surface area contributed by atoms with Crippen molar-refractivity contribution in [3.63, 3.8) is 0 Å². The molecule has 1 heterocycles. The van der Waals surface area contributed by atoms with E-state index in [0.29, 0.717) is 0 Å². The summed E-state index contributed by atoms with van der Waals surface area (Å²) in [4.78, 5) is 2.47. The van der Waals surface area contributed by atoms with Crippen molar-refractivity contribution in [3.8, 4) is 0 Å². The van der Waals surface area contributed by atoms with Crippen molar-refractivity contribution in [2.24, 2.45) is 0 Å². The van der Waals surface area contributed by atoms with E-state index in [-0.39, 0.29) is 5.38 Å². The van der Waals surface area contributed by atoms with Crippen molar-refractivity contribution in [1.29, 1.82) is 0 Å². The Hall–Kier alpha value is -1.31. The van der Waals surface area contributed by atoms with Crippen LogP contribution in [-0.2, 0) is 13.0 Å². The minimum Gasteiger partial charge on any atom is -0.297 e. The van der Waals surface area contributed by atoms with Gasteiger partial charge in [-0.3, -0.25) is 4.90 Å². The SMILES string of the molecule is Cc1ccc(C(Cl)CN2CCc3ccccc3C2)c(C)c1. The van der Waals surface area contributed by atoms with Gasteiger partial charge in [0.15, 0.2) is 0 Å². The number of fused-ring (bicyclic) bond motifs is 1. The highest BCUT2D eigenvalue weighted by molar-refractivity contribution is 6.21. The lowest BCUT2D eigenvalue weighted by atomic mass is 9.98. The van der Waals surface area contributed by atoms with Crippen molar-refractivity contribution in [1.82, 2.24) is 4.90 Å². The molecule has 0 aromatic heterocycles. The summed E-state index contributed by atoms with van der Waals surface area (Å²) in [5.74, 6) is 0. The molecule has 1 aliphatic rings. The van der Waals surface area contributed by atoms with Crippen LogP contribution in [0, 0.1) is 13.8 Å². The molecule has 2 aromatic carbocycles. The molecule has 2 aromatic rings. The Balaban J connectivity index is 1.70. The molecule has 21 heavy (non-hydrogen) atoms. The molecule has 0 aliphatic carbocycles. The van der Waals surface area contributed by atoms with Crippen molar-refractivity contribution >= 4 is 11.6 Å². The summed E-state index contributed by atoms with van der Waals surface area (Å²) in [6.45, 7) is 7.32. The van der Waals surface area contributed by atoms with Gasteiger partial charge in [-0.05, 0) is 42.5 Å². The van der Waals surface area contributed by atoms with Gasteiger partial charge in [0, 0.05) is 19.6 Å². The molecule has 1 atom stereocenters. The highest BCUT2D eigenvalue weighted by Gasteiger charge is 2.20. The van der Waals surface area contributed by atoms with Gasteiger partial charge in [0.25, 0.3) is 0 Å². The first-order valence-electron chi connectivity index (χ1n) is 7.64. The van der Waals surface area contributed by atoms with Gasteiger partial charge >= 0.3 is 0 Å². The molecule has 0 spiro atoms. The third kappa shape index (κ3) is 3.30. The number of aryl methyl sites for hydroxylation is 2. The second kappa shape index (κ2) is 6.21. The van der Waals surface area contributed by atoms with E-state index < -0.39 is 0 Å². The van der Waals surface area contributed by atoms with Crippen molar-refractivity contribution in [2.45, 2.75) is 32.2 Å². The lowest BCUT2D eigenvalue weighted by molar-refractivity contribution is 0.254. The number of alkyl halides is 1. The molecule has 0 amide bonds. The summed E-state index contributed by atoms with van der Waals surface area (Å²) in [6.07, 6.45) is 1.13. The minimum absolute atomic E-state index is 0.0656. The topological polar surface area (TPSA) is 3.24 Å². The van der Waals surface area contributed by atoms with E-state index in [1.54, 1.807) is 0 Å². The minimum atomic E-state index is 0.0656. The maximum atomic E-state index is 6.68. The molecule has 1 aliphatic heterocycles. The second-order valence-corrected chi connectivity index (χ2v) is 6.61. The van der Waals surface area contributed by atoms with E-state index in [1.165, 1.54) is 27.8 Å². The standard InChI is InChI=1S/C19H22ClN/c1-14-7-8-18(15(2)11-14)19(20)13-21-10-9-16-5-3-4-6-17(16)12-21/h3-8,11,19H,9-10,12-13H2,1-2H3. The van der Waals surface area contributed by atoms with Crippen molar-refractivity contribution in [3.05, 3.63) is 70.3 Å². The monoisotopic (exact) mass is 299 g/mol. The van der Waals surface area contributed by atoms with Crippen molar-refractivity contribution < 1.29 is 0 Å². The molecule has 0 bridgehead atoms. The number of hydrogen-bond donors (Lipinski definition) is 0. The van der Waals surface area contributed by atoms with Crippen molar-refractivity contribution in [2.75, 3.05) is 13.1 Å². The molecule has 0 saturated carbocycles. The van der Waals surface area contributed by atoms with Gasteiger partial charge in [0.2, 0.25) is 0 Å². The zero-order valence-corrected chi connectivity index (χ0v) is 13.5. The maximum Gasteiger partial charge on any atom is 0.0715 e. The van der Waals surface area contributed by atoms with Gasteiger partial charge in [-0.15, -0.1) is 11.6 Å². The molecule has 0 radical (unpaired) electrons. The third-order valence-electron chi connectivity index (χ3n) is 4.39. The summed E-state index contributed by atoms with van der Waals surface area (Å²) in [6, 6.07) is 15.3. The van der Waals surface area contributed by atoms with Gasteiger partial charge in [-0.25, -0.2) is 0 Å². The average molecular weight is 300 g/mol. The summed E-state index contributed by atoms with van der Waals surface area (Å²) in [5, 5.41) is 0.0656. The van der Waals surface area contributed by atoms with Crippen LogP contribution in [0.1, 0.15) is 33.2 Å². The van der Waals surface area contributed by atoms with Crippen LogP contribution in [0.15, 0.2) is 42.5 Å². The van der Waals surface area contributed by atoms with E-state index in [2.05, 4.69) is 61.2 Å². The normalized spacial score (nSPS) is 16.5.